The van der Waals surface area contributed by atoms with Gasteiger partial charge in [0, 0.05) is 43.9 Å². The number of carbonyl (C=O) groups is 1. The summed E-state index contributed by atoms with van der Waals surface area (Å²) in [5.41, 5.74) is 8.32. The topological polar surface area (TPSA) is 158 Å². The molecule has 0 unspecified atom stereocenters. The number of nitrogens with zero attached hydrogens (tertiary/aromatic N) is 3. The van der Waals surface area contributed by atoms with Crippen LogP contribution in [0.25, 0.3) is 0 Å². The summed E-state index contributed by atoms with van der Waals surface area (Å²) >= 11 is 0. The molecule has 0 spiro atoms. The number of anilines is 3. The van der Waals surface area contributed by atoms with E-state index in [0.717, 1.165) is 16.9 Å². The number of halogens is 1. The molecule has 0 aliphatic heterocycles. The molecule has 0 aliphatic rings. The lowest BCUT2D eigenvalue weighted by molar-refractivity contribution is 0.0511. The molecule has 3 aromatic carbocycles. The second-order valence-corrected chi connectivity index (χ2v) is 9.77. The Bertz CT molecular complexity index is 1480. The van der Waals surface area contributed by atoms with Crippen LogP contribution in [-0.4, -0.2) is 67.5 Å². The molecule has 1 heterocycles. The Kier molecular flexibility index (Phi) is 13.3. The van der Waals surface area contributed by atoms with Crippen molar-refractivity contribution in [3.8, 4) is 5.75 Å². The molecular formula is C32H39FN8O4. The molecule has 13 heteroatoms. The molecule has 6 N–H and O–H groups in total. The van der Waals surface area contributed by atoms with E-state index >= 15 is 0 Å². The minimum atomic E-state index is -0.315. The maximum absolute atomic E-state index is 14.2. The maximum Gasteiger partial charge on any atom is 0.251 e. The Balaban J connectivity index is 1.33. The molecule has 1 amide bonds. The monoisotopic (exact) mass is 618 g/mol. The lowest BCUT2D eigenvalue weighted by Gasteiger charge is -2.12. The van der Waals surface area contributed by atoms with Crippen LogP contribution in [-0.2, 0) is 29.1 Å². The van der Waals surface area contributed by atoms with Gasteiger partial charge in [-0.05, 0) is 41.5 Å². The van der Waals surface area contributed by atoms with Crippen molar-refractivity contribution >= 4 is 23.8 Å². The first kappa shape index (κ1) is 33.1. The Labute approximate surface area is 261 Å². The summed E-state index contributed by atoms with van der Waals surface area (Å²) in [7, 11) is 1.62. The lowest BCUT2D eigenvalue weighted by Crippen LogP contribution is -2.27. The minimum absolute atomic E-state index is 0.187. The molecule has 238 valence electrons. The van der Waals surface area contributed by atoms with Gasteiger partial charge < -0.3 is 41.2 Å². The molecule has 0 radical (unpaired) electrons. The zero-order valence-electron chi connectivity index (χ0n) is 25.2. The van der Waals surface area contributed by atoms with Crippen LogP contribution in [0.3, 0.4) is 0 Å². The normalized spacial score (nSPS) is 10.7. The van der Waals surface area contributed by atoms with Crippen LogP contribution in [0, 0.1) is 5.82 Å². The fourth-order valence-electron chi connectivity index (χ4n) is 4.05. The molecule has 0 bridgehead atoms. The third-order valence-corrected chi connectivity index (χ3v) is 6.47. The number of hydrogen-bond donors (Lipinski definition) is 5. The average Bonchev–Trinajstić information content (AvgIpc) is 3.07. The van der Waals surface area contributed by atoms with Gasteiger partial charge in [-0.25, -0.2) is 4.39 Å². The Morgan fingerprint density at radius 3 is 1.87 bits per heavy atom. The summed E-state index contributed by atoms with van der Waals surface area (Å²) in [6, 6.07) is 21.4. The number of methoxy groups -OCH3 is 1. The van der Waals surface area contributed by atoms with E-state index in [-0.39, 0.29) is 24.2 Å². The molecule has 0 fully saturated rings. The van der Waals surface area contributed by atoms with Gasteiger partial charge in [0.1, 0.15) is 11.6 Å². The highest BCUT2D eigenvalue weighted by molar-refractivity contribution is 5.94. The van der Waals surface area contributed by atoms with Crippen LogP contribution in [0.4, 0.5) is 22.2 Å². The van der Waals surface area contributed by atoms with Gasteiger partial charge in [-0.15, -0.1) is 0 Å². The number of ether oxygens (including phenoxy) is 3. The van der Waals surface area contributed by atoms with Gasteiger partial charge >= 0.3 is 0 Å². The number of carbonyl (C=O) groups excluding carboxylic acids is 1. The molecule has 0 aliphatic carbocycles. The van der Waals surface area contributed by atoms with Crippen molar-refractivity contribution in [3.63, 3.8) is 0 Å². The molecule has 45 heavy (non-hydrogen) atoms. The standard InChI is InChI=1S/C32H39FN8O4/c1-43-27-12-8-24(9-13-27)21-37-31-39-30(40-32(41-31)38-22-26-4-2-3-5-28(26)33)36-20-23-6-10-25(11-7-23)29(42)35-15-17-45-19-18-44-16-14-34/h2-13H,14-22,34H2,1H3,(H,35,42)(H3,36,37,38,39,40,41). The van der Waals surface area contributed by atoms with Crippen molar-refractivity contribution in [1.29, 1.82) is 0 Å². The zero-order chi connectivity index (χ0) is 31.7. The van der Waals surface area contributed by atoms with Gasteiger partial charge in [0.15, 0.2) is 0 Å². The van der Waals surface area contributed by atoms with Crippen LogP contribution in [0.15, 0.2) is 72.8 Å². The molecular weight excluding hydrogens is 579 g/mol. The largest absolute Gasteiger partial charge is 0.497 e. The molecule has 0 atom stereocenters. The summed E-state index contributed by atoms with van der Waals surface area (Å²) in [5.74, 6) is 1.22. The number of nitrogens with two attached hydrogens (primary N) is 1. The van der Waals surface area contributed by atoms with Crippen LogP contribution < -0.4 is 31.7 Å². The van der Waals surface area contributed by atoms with E-state index < -0.39 is 0 Å². The first-order chi connectivity index (χ1) is 22.0. The van der Waals surface area contributed by atoms with Crippen LogP contribution in [0.5, 0.6) is 5.75 Å². The highest BCUT2D eigenvalue weighted by atomic mass is 19.1. The van der Waals surface area contributed by atoms with E-state index in [1.54, 1.807) is 37.4 Å². The zero-order valence-corrected chi connectivity index (χ0v) is 25.2. The minimum Gasteiger partial charge on any atom is -0.497 e. The van der Waals surface area contributed by atoms with Crippen LogP contribution >= 0.6 is 0 Å². The smallest absolute Gasteiger partial charge is 0.251 e. The Hall–Kier alpha value is -4.85. The van der Waals surface area contributed by atoms with Gasteiger partial charge in [-0.1, -0.05) is 42.5 Å². The van der Waals surface area contributed by atoms with Crippen molar-refractivity contribution in [2.45, 2.75) is 19.6 Å². The summed E-state index contributed by atoms with van der Waals surface area (Å²) in [5, 5.41) is 12.4. The number of rotatable bonds is 19. The van der Waals surface area contributed by atoms with E-state index in [2.05, 4.69) is 36.2 Å². The molecule has 0 saturated heterocycles. The molecule has 1 aromatic heterocycles. The SMILES string of the molecule is COc1ccc(CNc2nc(NCc3ccc(C(=O)NCCOCCOCCN)cc3)nc(NCc3ccccc3F)n2)cc1. The summed E-state index contributed by atoms with van der Waals surface area (Å²) < 4.78 is 30.1. The molecule has 4 aromatic rings. The third-order valence-electron chi connectivity index (χ3n) is 6.47. The Morgan fingerprint density at radius 1 is 0.733 bits per heavy atom. The van der Waals surface area contributed by atoms with Crippen molar-refractivity contribution in [1.82, 2.24) is 20.3 Å². The second-order valence-electron chi connectivity index (χ2n) is 9.77. The van der Waals surface area contributed by atoms with E-state index in [1.165, 1.54) is 6.07 Å². The highest BCUT2D eigenvalue weighted by Gasteiger charge is 2.10. The van der Waals surface area contributed by atoms with Crippen molar-refractivity contribution in [2.75, 3.05) is 62.6 Å². The van der Waals surface area contributed by atoms with E-state index in [9.17, 15) is 9.18 Å². The van der Waals surface area contributed by atoms with Gasteiger partial charge in [0.25, 0.3) is 5.91 Å². The van der Waals surface area contributed by atoms with Gasteiger partial charge in [-0.2, -0.15) is 15.0 Å². The molecule has 4 rings (SSSR count). The van der Waals surface area contributed by atoms with Crippen molar-refractivity contribution in [2.24, 2.45) is 5.73 Å². The van der Waals surface area contributed by atoms with Gasteiger partial charge in [-0.3, -0.25) is 4.79 Å². The quantitative estimate of drug-likeness (QED) is 0.0979. The number of aromatic nitrogens is 3. The first-order valence-corrected chi connectivity index (χ1v) is 14.6. The predicted molar refractivity (Wildman–Crippen MR) is 171 cm³/mol. The van der Waals surface area contributed by atoms with Crippen LogP contribution in [0.1, 0.15) is 27.0 Å². The summed E-state index contributed by atoms with van der Waals surface area (Å²) in [6.07, 6.45) is 0. The Morgan fingerprint density at radius 2 is 1.29 bits per heavy atom. The highest BCUT2D eigenvalue weighted by Crippen LogP contribution is 2.16. The number of nitrogens with one attached hydrogen (secondary N) is 4. The van der Waals surface area contributed by atoms with E-state index in [0.29, 0.717) is 75.6 Å². The number of benzene rings is 3. The fourth-order valence-corrected chi connectivity index (χ4v) is 4.05. The second kappa shape index (κ2) is 18.1. The number of hydrogen-bond acceptors (Lipinski definition) is 11. The van der Waals surface area contributed by atoms with Crippen LogP contribution in [0.2, 0.25) is 0 Å². The average molecular weight is 619 g/mol. The van der Waals surface area contributed by atoms with E-state index in [4.69, 9.17) is 19.9 Å². The molecule has 12 nitrogen and oxygen atoms in total. The number of amides is 1. The van der Waals surface area contributed by atoms with Gasteiger partial charge in [0.2, 0.25) is 17.8 Å². The van der Waals surface area contributed by atoms with E-state index in [1.807, 2.05) is 36.4 Å². The first-order valence-electron chi connectivity index (χ1n) is 14.6. The van der Waals surface area contributed by atoms with Crippen molar-refractivity contribution in [3.05, 3.63) is 101 Å². The fraction of sp³-hybridized carbons (Fsp3) is 0.312. The summed E-state index contributed by atoms with van der Waals surface area (Å²) in [4.78, 5) is 25.9. The maximum atomic E-state index is 14.2. The predicted octanol–water partition coefficient (Wildman–Crippen LogP) is 3.58. The van der Waals surface area contributed by atoms with Gasteiger partial charge in [0.05, 0.1) is 33.5 Å². The third kappa shape index (κ3) is 11.3. The van der Waals surface area contributed by atoms with Crippen molar-refractivity contribution < 1.29 is 23.4 Å². The lowest BCUT2D eigenvalue weighted by atomic mass is 10.1. The summed E-state index contributed by atoms with van der Waals surface area (Å²) in [6.45, 7) is 3.74. The molecule has 0 saturated carbocycles.